The molecule has 1 amide bonds. The molecule has 4 rings (SSSR count). The summed E-state index contributed by atoms with van der Waals surface area (Å²) in [6.45, 7) is 13.0. The van der Waals surface area contributed by atoms with Crippen LogP contribution >= 0.6 is 23.2 Å². The van der Waals surface area contributed by atoms with Gasteiger partial charge in [-0.2, -0.15) is 13.2 Å². The van der Waals surface area contributed by atoms with Crippen LogP contribution in [0.3, 0.4) is 0 Å². The van der Waals surface area contributed by atoms with Crippen LogP contribution in [0.4, 0.5) is 13.2 Å². The van der Waals surface area contributed by atoms with Crippen molar-refractivity contribution in [3.05, 3.63) is 99.0 Å². The van der Waals surface area contributed by atoms with Gasteiger partial charge in [-0.25, -0.2) is 0 Å². The fourth-order valence-corrected chi connectivity index (χ4v) is 6.32. The summed E-state index contributed by atoms with van der Waals surface area (Å²) in [5, 5.41) is 0.366. The highest BCUT2D eigenvalue weighted by Gasteiger charge is 2.40. The van der Waals surface area contributed by atoms with Crippen LogP contribution in [0.2, 0.25) is 28.2 Å². The van der Waals surface area contributed by atoms with Gasteiger partial charge in [-0.3, -0.25) is 9.69 Å². The molecule has 0 unspecified atom stereocenters. The maximum atomic E-state index is 13.8. The first-order valence-electron chi connectivity index (χ1n) is 14.0. The molecule has 1 heterocycles. The fraction of sp³-hybridized carbons (Fsp3) is 0.406. The van der Waals surface area contributed by atoms with Gasteiger partial charge in [-0.05, 0) is 66.0 Å². The monoisotopic (exact) mass is 636 g/mol. The molecule has 0 saturated carbocycles. The number of halogens is 5. The van der Waals surface area contributed by atoms with Gasteiger partial charge < -0.3 is 9.33 Å². The summed E-state index contributed by atoms with van der Waals surface area (Å²) in [5.41, 5.74) is 1.06. The zero-order valence-corrected chi connectivity index (χ0v) is 27.1. The summed E-state index contributed by atoms with van der Waals surface area (Å²) < 4.78 is 47.1. The first kappa shape index (κ1) is 32.4. The Morgan fingerprint density at radius 2 is 1.64 bits per heavy atom. The van der Waals surface area contributed by atoms with Gasteiger partial charge >= 0.3 is 6.18 Å². The van der Waals surface area contributed by atoms with E-state index in [9.17, 15) is 18.0 Å². The molecule has 10 heteroatoms. The van der Waals surface area contributed by atoms with E-state index in [4.69, 9.17) is 27.6 Å². The van der Waals surface area contributed by atoms with Crippen molar-refractivity contribution in [2.24, 2.45) is 0 Å². The zero-order valence-electron chi connectivity index (χ0n) is 24.6. The molecule has 1 aliphatic heterocycles. The molecule has 42 heavy (non-hydrogen) atoms. The second-order valence-electron chi connectivity index (χ2n) is 12.4. The molecule has 3 aromatic carbocycles. The predicted octanol–water partition coefficient (Wildman–Crippen LogP) is 8.97. The van der Waals surface area contributed by atoms with Crippen LogP contribution in [0.5, 0.6) is 5.75 Å². The quantitative estimate of drug-likeness (QED) is 0.243. The average molecular weight is 638 g/mol. The topological polar surface area (TPSA) is 32.8 Å². The van der Waals surface area contributed by atoms with Gasteiger partial charge in [0, 0.05) is 42.8 Å². The SMILES string of the molecule is CC(C)(C)[Si](C)(C)Oc1cc(C[C@@H]2CN(Cc3ccccc3)CCN2C(=O)c2cc(Cl)cc(C(F)(F)F)c2)ccc1Cl. The minimum absolute atomic E-state index is 0.0247. The minimum atomic E-state index is -4.61. The average Bonchev–Trinajstić information content (AvgIpc) is 2.89. The van der Waals surface area contributed by atoms with Gasteiger partial charge in [0.25, 0.3) is 14.2 Å². The van der Waals surface area contributed by atoms with E-state index in [1.54, 1.807) is 4.90 Å². The number of hydrogen-bond acceptors (Lipinski definition) is 3. The fourth-order valence-electron chi connectivity index (χ4n) is 4.84. The largest absolute Gasteiger partial charge is 0.543 e. The van der Waals surface area contributed by atoms with Crippen LogP contribution in [-0.2, 0) is 19.1 Å². The molecular weight excluding hydrogens is 600 g/mol. The predicted molar refractivity (Wildman–Crippen MR) is 166 cm³/mol. The Kier molecular flexibility index (Phi) is 9.72. The van der Waals surface area contributed by atoms with Gasteiger partial charge in [-0.1, -0.05) is 80.4 Å². The highest BCUT2D eigenvalue weighted by Crippen LogP contribution is 2.40. The Morgan fingerprint density at radius 3 is 2.29 bits per heavy atom. The van der Waals surface area contributed by atoms with Crippen molar-refractivity contribution in [1.29, 1.82) is 0 Å². The van der Waals surface area contributed by atoms with E-state index >= 15 is 0 Å². The molecule has 0 aromatic heterocycles. The van der Waals surface area contributed by atoms with E-state index in [2.05, 4.69) is 50.9 Å². The first-order valence-corrected chi connectivity index (χ1v) is 17.6. The van der Waals surface area contributed by atoms with Crippen LogP contribution in [-0.4, -0.2) is 49.7 Å². The van der Waals surface area contributed by atoms with Gasteiger partial charge in [0.1, 0.15) is 5.75 Å². The Hall–Kier alpha value is -2.52. The van der Waals surface area contributed by atoms with E-state index < -0.39 is 26.0 Å². The second kappa shape index (κ2) is 12.6. The van der Waals surface area contributed by atoms with Gasteiger partial charge in [0.2, 0.25) is 0 Å². The molecule has 0 N–H and O–H groups in total. The van der Waals surface area contributed by atoms with Crippen molar-refractivity contribution in [2.45, 2.75) is 64.1 Å². The molecule has 1 aliphatic rings. The number of amides is 1. The molecule has 0 aliphatic carbocycles. The molecule has 226 valence electrons. The lowest BCUT2D eigenvalue weighted by Crippen LogP contribution is -2.55. The number of rotatable bonds is 7. The second-order valence-corrected chi connectivity index (χ2v) is 18.0. The van der Waals surface area contributed by atoms with Crippen LogP contribution in [0.1, 0.15) is 47.8 Å². The normalized spacial score (nSPS) is 16.9. The lowest BCUT2D eigenvalue weighted by Gasteiger charge is -2.42. The molecule has 3 aromatic rings. The third-order valence-corrected chi connectivity index (χ3v) is 13.1. The molecule has 1 saturated heterocycles. The molecule has 0 spiro atoms. The first-order chi connectivity index (χ1) is 19.5. The van der Waals surface area contributed by atoms with Crippen molar-refractivity contribution in [2.75, 3.05) is 19.6 Å². The zero-order chi connectivity index (χ0) is 30.9. The van der Waals surface area contributed by atoms with Crippen LogP contribution < -0.4 is 4.43 Å². The van der Waals surface area contributed by atoms with Gasteiger partial charge in [0.05, 0.1) is 10.6 Å². The lowest BCUT2D eigenvalue weighted by molar-refractivity contribution is -0.137. The molecular formula is C32H37Cl2F3N2O2Si. The number of carbonyl (C=O) groups excluding carboxylic acids is 1. The third kappa shape index (κ3) is 7.89. The number of hydrogen-bond donors (Lipinski definition) is 0. The Bertz CT molecular complexity index is 1410. The summed E-state index contributed by atoms with van der Waals surface area (Å²) >= 11 is 12.6. The summed E-state index contributed by atoms with van der Waals surface area (Å²) in [7, 11) is -2.17. The lowest BCUT2D eigenvalue weighted by atomic mass is 9.99. The molecule has 0 radical (unpaired) electrons. The number of alkyl halides is 3. The van der Waals surface area contributed by atoms with E-state index in [1.165, 1.54) is 6.07 Å². The number of benzene rings is 3. The van der Waals surface area contributed by atoms with E-state index in [1.807, 2.05) is 36.4 Å². The van der Waals surface area contributed by atoms with Crippen LogP contribution in [0.25, 0.3) is 0 Å². The summed E-state index contributed by atoms with van der Waals surface area (Å²) in [4.78, 5) is 17.7. The number of carbonyl (C=O) groups is 1. The molecule has 1 fully saturated rings. The Morgan fingerprint density at radius 1 is 0.952 bits per heavy atom. The summed E-state index contributed by atoms with van der Waals surface area (Å²) in [6, 6.07) is 18.4. The highest BCUT2D eigenvalue weighted by atomic mass is 35.5. The van der Waals surface area contributed by atoms with Crippen LogP contribution in [0.15, 0.2) is 66.7 Å². The highest BCUT2D eigenvalue weighted by molar-refractivity contribution is 6.74. The van der Waals surface area contributed by atoms with Gasteiger partial charge in [-0.15, -0.1) is 0 Å². The summed E-state index contributed by atoms with van der Waals surface area (Å²) in [6.07, 6.45) is -4.13. The maximum absolute atomic E-state index is 13.8. The Balaban J connectivity index is 1.64. The molecule has 1 atom stereocenters. The number of piperazine rings is 1. The van der Waals surface area contributed by atoms with E-state index in [-0.39, 0.29) is 21.7 Å². The molecule has 0 bridgehead atoms. The van der Waals surface area contributed by atoms with Crippen molar-refractivity contribution >= 4 is 37.4 Å². The third-order valence-electron chi connectivity index (χ3n) is 8.19. The number of nitrogens with zero attached hydrogens (tertiary/aromatic N) is 2. The van der Waals surface area contributed by atoms with Crippen molar-refractivity contribution < 1.29 is 22.4 Å². The van der Waals surface area contributed by atoms with E-state index in [0.29, 0.717) is 43.4 Å². The van der Waals surface area contributed by atoms with Crippen LogP contribution in [0, 0.1) is 0 Å². The minimum Gasteiger partial charge on any atom is -0.543 e. The van der Waals surface area contributed by atoms with Gasteiger partial charge in [0.15, 0.2) is 0 Å². The molecule has 4 nitrogen and oxygen atoms in total. The van der Waals surface area contributed by atoms with Crippen molar-refractivity contribution in [3.8, 4) is 5.75 Å². The Labute approximate surface area is 257 Å². The van der Waals surface area contributed by atoms with Crippen molar-refractivity contribution in [1.82, 2.24) is 9.80 Å². The van der Waals surface area contributed by atoms with E-state index in [0.717, 1.165) is 23.3 Å². The smallest absolute Gasteiger partial charge is 0.416 e. The maximum Gasteiger partial charge on any atom is 0.416 e. The standard InChI is InChI=1S/C32H37Cl2F3N2O2Si/c1-31(2,3)42(4,5)41-29-16-23(11-12-28(29)34)15-27-21-38(20-22-9-7-6-8-10-22)13-14-39(27)30(40)24-17-25(32(35,36)37)19-26(33)18-24/h6-12,16-19,27H,13-15,20-21H2,1-5H3/t27-/m1/s1. The summed E-state index contributed by atoms with van der Waals surface area (Å²) in [5.74, 6) is 0.138. The van der Waals surface area contributed by atoms with Crippen molar-refractivity contribution in [3.63, 3.8) is 0 Å².